The Labute approximate surface area is 153 Å². The van der Waals surface area contributed by atoms with Crippen molar-refractivity contribution in [2.24, 2.45) is 16.8 Å². The van der Waals surface area contributed by atoms with Crippen LogP contribution in [0.4, 0.5) is 5.69 Å². The lowest BCUT2D eigenvalue weighted by atomic mass is 9.80. The van der Waals surface area contributed by atoms with Gasteiger partial charge in [0.25, 0.3) is 0 Å². The third-order valence-electron chi connectivity index (χ3n) is 5.44. The van der Waals surface area contributed by atoms with E-state index >= 15 is 0 Å². The van der Waals surface area contributed by atoms with Crippen LogP contribution in [0.2, 0.25) is 0 Å². The molecule has 1 fully saturated rings. The second kappa shape index (κ2) is 9.21. The summed E-state index contributed by atoms with van der Waals surface area (Å²) >= 11 is 0. The predicted octanol–water partition coefficient (Wildman–Crippen LogP) is 5.16. The summed E-state index contributed by atoms with van der Waals surface area (Å²) in [6.45, 7) is 11.9. The van der Waals surface area contributed by atoms with E-state index in [9.17, 15) is 0 Å². The fraction of sp³-hybridized carbons (Fsp3) is 0.714. The fourth-order valence-electron chi connectivity index (χ4n) is 3.37. The Balaban J connectivity index is 2.08. The Bertz CT molecular complexity index is 575. The van der Waals surface area contributed by atoms with Crippen LogP contribution >= 0.6 is 0 Å². The number of ether oxygens (including phenoxy) is 1. The lowest BCUT2D eigenvalue weighted by molar-refractivity contribution is 0.111. The first kappa shape index (κ1) is 19.7. The SMILES string of the molecule is CCc1cc(N=CN(C)CC)c(C)nc1OC1CCC(C(C)C)CC1. The number of hydrogen-bond acceptors (Lipinski definition) is 3. The Morgan fingerprint density at radius 3 is 2.52 bits per heavy atom. The molecule has 0 saturated heterocycles. The fourth-order valence-corrected chi connectivity index (χ4v) is 3.37. The van der Waals surface area contributed by atoms with Gasteiger partial charge in [-0.05, 0) is 63.9 Å². The van der Waals surface area contributed by atoms with Crippen molar-refractivity contribution in [2.75, 3.05) is 13.6 Å². The highest BCUT2D eigenvalue weighted by molar-refractivity contribution is 5.63. The molecule has 4 nitrogen and oxygen atoms in total. The van der Waals surface area contributed by atoms with Gasteiger partial charge in [0.1, 0.15) is 6.10 Å². The van der Waals surface area contributed by atoms with Gasteiger partial charge in [-0.1, -0.05) is 20.8 Å². The number of aromatic nitrogens is 1. The van der Waals surface area contributed by atoms with Gasteiger partial charge in [-0.3, -0.25) is 0 Å². The highest BCUT2D eigenvalue weighted by atomic mass is 16.5. The molecule has 0 spiro atoms. The van der Waals surface area contributed by atoms with Crippen LogP contribution in [0.1, 0.15) is 64.6 Å². The molecular formula is C21H35N3O. The lowest BCUT2D eigenvalue weighted by Gasteiger charge is -2.31. The maximum atomic E-state index is 6.31. The number of aryl methyl sites for hydroxylation is 2. The molecule has 0 unspecified atom stereocenters. The quantitative estimate of drug-likeness (QED) is 0.506. The van der Waals surface area contributed by atoms with E-state index in [1.54, 1.807) is 0 Å². The Hall–Kier alpha value is -1.58. The molecular weight excluding hydrogens is 310 g/mol. The summed E-state index contributed by atoms with van der Waals surface area (Å²) in [5, 5.41) is 0. The van der Waals surface area contributed by atoms with Crippen molar-refractivity contribution in [2.45, 2.75) is 72.8 Å². The molecule has 1 aromatic heterocycles. The van der Waals surface area contributed by atoms with Gasteiger partial charge >= 0.3 is 0 Å². The molecule has 0 aliphatic heterocycles. The van der Waals surface area contributed by atoms with Crippen molar-refractivity contribution in [1.82, 2.24) is 9.88 Å². The van der Waals surface area contributed by atoms with Gasteiger partial charge in [0.05, 0.1) is 17.7 Å². The number of hydrogen-bond donors (Lipinski definition) is 0. The lowest BCUT2D eigenvalue weighted by Crippen LogP contribution is -2.27. The Morgan fingerprint density at radius 1 is 1.28 bits per heavy atom. The van der Waals surface area contributed by atoms with Crippen LogP contribution in [-0.4, -0.2) is 35.9 Å². The smallest absolute Gasteiger partial charge is 0.217 e. The summed E-state index contributed by atoms with van der Waals surface area (Å²) in [4.78, 5) is 11.4. The molecule has 0 bridgehead atoms. The van der Waals surface area contributed by atoms with E-state index in [0.29, 0.717) is 6.10 Å². The maximum Gasteiger partial charge on any atom is 0.217 e. The molecule has 0 radical (unpaired) electrons. The molecule has 140 valence electrons. The van der Waals surface area contributed by atoms with E-state index in [2.05, 4.69) is 43.7 Å². The third kappa shape index (κ3) is 5.45. The summed E-state index contributed by atoms with van der Waals surface area (Å²) in [5.41, 5.74) is 3.03. The van der Waals surface area contributed by atoms with Crippen LogP contribution < -0.4 is 4.74 Å². The first-order chi connectivity index (χ1) is 11.9. The van der Waals surface area contributed by atoms with Crippen molar-refractivity contribution in [3.05, 3.63) is 17.3 Å². The highest BCUT2D eigenvalue weighted by Gasteiger charge is 2.25. The van der Waals surface area contributed by atoms with Crippen molar-refractivity contribution in [3.8, 4) is 5.88 Å². The van der Waals surface area contributed by atoms with Crippen LogP contribution in [-0.2, 0) is 6.42 Å². The zero-order valence-corrected chi connectivity index (χ0v) is 16.9. The molecule has 4 heteroatoms. The van der Waals surface area contributed by atoms with Gasteiger partial charge in [-0.2, -0.15) is 0 Å². The molecule has 2 rings (SSSR count). The molecule has 1 heterocycles. The molecule has 1 aliphatic rings. The Kier molecular flexibility index (Phi) is 7.27. The van der Waals surface area contributed by atoms with E-state index in [1.165, 1.54) is 12.8 Å². The number of aliphatic imine (C=N–C) groups is 1. The van der Waals surface area contributed by atoms with Crippen LogP contribution in [0.5, 0.6) is 5.88 Å². The van der Waals surface area contributed by atoms with E-state index in [-0.39, 0.29) is 0 Å². The Morgan fingerprint density at radius 2 is 1.96 bits per heavy atom. The predicted molar refractivity (Wildman–Crippen MR) is 106 cm³/mol. The zero-order valence-electron chi connectivity index (χ0n) is 16.9. The first-order valence-corrected chi connectivity index (χ1v) is 9.86. The largest absolute Gasteiger partial charge is 0.474 e. The van der Waals surface area contributed by atoms with Crippen LogP contribution in [0.25, 0.3) is 0 Å². The molecule has 0 atom stereocenters. The third-order valence-corrected chi connectivity index (χ3v) is 5.44. The minimum atomic E-state index is 0.313. The molecule has 0 N–H and O–H groups in total. The second-order valence-corrected chi connectivity index (χ2v) is 7.63. The monoisotopic (exact) mass is 345 g/mol. The van der Waals surface area contributed by atoms with Crippen LogP contribution in [0.15, 0.2) is 11.1 Å². The standard InChI is InChI=1S/C21H35N3O/c1-7-17-13-20(22-14-24(6)8-2)16(5)23-21(17)25-19-11-9-18(10-12-19)15(3)4/h13-15,18-19H,7-12H2,1-6H3. The number of pyridine rings is 1. The van der Waals surface area contributed by atoms with Gasteiger partial charge in [-0.15, -0.1) is 0 Å². The van der Waals surface area contributed by atoms with E-state index in [4.69, 9.17) is 9.72 Å². The molecule has 1 saturated carbocycles. The van der Waals surface area contributed by atoms with Gasteiger partial charge < -0.3 is 9.64 Å². The van der Waals surface area contributed by atoms with E-state index in [0.717, 1.165) is 60.5 Å². The highest BCUT2D eigenvalue weighted by Crippen LogP contribution is 2.33. The molecule has 0 aromatic carbocycles. The molecule has 1 aliphatic carbocycles. The first-order valence-electron chi connectivity index (χ1n) is 9.86. The molecule has 0 amide bonds. The number of rotatable bonds is 7. The zero-order chi connectivity index (χ0) is 18.4. The summed E-state index contributed by atoms with van der Waals surface area (Å²) in [7, 11) is 2.03. The topological polar surface area (TPSA) is 37.7 Å². The normalized spacial score (nSPS) is 21.1. The summed E-state index contributed by atoms with van der Waals surface area (Å²) < 4.78 is 6.31. The van der Waals surface area contributed by atoms with Crippen LogP contribution in [0.3, 0.4) is 0 Å². The van der Waals surface area contributed by atoms with Crippen molar-refractivity contribution < 1.29 is 4.74 Å². The summed E-state index contributed by atoms with van der Waals surface area (Å²) in [6, 6.07) is 2.14. The van der Waals surface area contributed by atoms with Crippen molar-refractivity contribution >= 4 is 12.0 Å². The minimum Gasteiger partial charge on any atom is -0.474 e. The minimum absolute atomic E-state index is 0.313. The molecule has 1 aromatic rings. The average molecular weight is 346 g/mol. The summed E-state index contributed by atoms with van der Waals surface area (Å²) in [6.07, 6.45) is 7.94. The van der Waals surface area contributed by atoms with Gasteiger partial charge in [0.2, 0.25) is 5.88 Å². The van der Waals surface area contributed by atoms with Gasteiger partial charge in [-0.25, -0.2) is 9.98 Å². The van der Waals surface area contributed by atoms with E-state index in [1.807, 2.05) is 20.3 Å². The van der Waals surface area contributed by atoms with Crippen molar-refractivity contribution in [3.63, 3.8) is 0 Å². The van der Waals surface area contributed by atoms with Crippen LogP contribution in [0, 0.1) is 18.8 Å². The van der Waals surface area contributed by atoms with Gasteiger partial charge in [0, 0.05) is 19.2 Å². The number of nitrogens with zero attached hydrogens (tertiary/aromatic N) is 3. The maximum absolute atomic E-state index is 6.31. The average Bonchev–Trinajstić information content (AvgIpc) is 2.61. The van der Waals surface area contributed by atoms with E-state index < -0.39 is 0 Å². The van der Waals surface area contributed by atoms with Gasteiger partial charge in [0.15, 0.2) is 0 Å². The molecule has 25 heavy (non-hydrogen) atoms. The summed E-state index contributed by atoms with van der Waals surface area (Å²) in [5.74, 6) is 2.45. The van der Waals surface area contributed by atoms with Crippen molar-refractivity contribution in [1.29, 1.82) is 0 Å². The second-order valence-electron chi connectivity index (χ2n) is 7.63.